The zero-order chi connectivity index (χ0) is 12.0. The van der Waals surface area contributed by atoms with E-state index in [2.05, 4.69) is 43.3 Å². The van der Waals surface area contributed by atoms with Gasteiger partial charge in [-0.2, -0.15) is 0 Å². The predicted octanol–water partition coefficient (Wildman–Crippen LogP) is 1.56. The highest BCUT2D eigenvalue weighted by atomic mass is 16.1. The summed E-state index contributed by atoms with van der Waals surface area (Å²) in [6.07, 6.45) is 2.23. The molecule has 0 bridgehead atoms. The molecule has 88 valence electrons. The van der Waals surface area contributed by atoms with Crippen molar-refractivity contribution in [2.24, 2.45) is 5.73 Å². The molecule has 3 nitrogen and oxygen atoms in total. The molecule has 3 heteroatoms. The Bertz CT molecular complexity index is 348. The summed E-state index contributed by atoms with van der Waals surface area (Å²) in [5, 5.41) is 0. The van der Waals surface area contributed by atoms with Gasteiger partial charge >= 0.3 is 0 Å². The summed E-state index contributed by atoms with van der Waals surface area (Å²) in [5.41, 5.74) is 7.69. The van der Waals surface area contributed by atoms with Crippen LogP contribution >= 0.6 is 0 Å². The molecule has 0 heterocycles. The zero-order valence-electron chi connectivity index (χ0n) is 10.1. The van der Waals surface area contributed by atoms with Crippen molar-refractivity contribution in [1.29, 1.82) is 0 Å². The largest absolute Gasteiger partial charge is 0.370 e. The SMILES string of the molecule is CN(C)Cc1cccc(CCCC(N)=O)c1. The van der Waals surface area contributed by atoms with Gasteiger partial charge < -0.3 is 10.6 Å². The summed E-state index contributed by atoms with van der Waals surface area (Å²) in [5.74, 6) is -0.218. The van der Waals surface area contributed by atoms with Crippen LogP contribution in [0.25, 0.3) is 0 Å². The van der Waals surface area contributed by atoms with Gasteiger partial charge in [0.2, 0.25) is 5.91 Å². The second-order valence-corrected chi connectivity index (χ2v) is 4.38. The second-order valence-electron chi connectivity index (χ2n) is 4.38. The molecule has 0 saturated heterocycles. The van der Waals surface area contributed by atoms with E-state index in [1.165, 1.54) is 11.1 Å². The highest BCUT2D eigenvalue weighted by Crippen LogP contribution is 2.09. The number of benzene rings is 1. The van der Waals surface area contributed by atoms with Gasteiger partial charge in [0.05, 0.1) is 0 Å². The van der Waals surface area contributed by atoms with Crippen LogP contribution in [0.2, 0.25) is 0 Å². The van der Waals surface area contributed by atoms with Gasteiger partial charge in [-0.25, -0.2) is 0 Å². The third-order valence-electron chi connectivity index (χ3n) is 2.38. The molecule has 0 aromatic heterocycles. The summed E-state index contributed by atoms with van der Waals surface area (Å²) >= 11 is 0. The smallest absolute Gasteiger partial charge is 0.217 e. The number of carbonyl (C=O) groups excluding carboxylic acids is 1. The molecule has 16 heavy (non-hydrogen) atoms. The van der Waals surface area contributed by atoms with Crippen LogP contribution in [-0.4, -0.2) is 24.9 Å². The number of aryl methyl sites for hydroxylation is 1. The van der Waals surface area contributed by atoms with Crippen LogP contribution < -0.4 is 5.73 Å². The lowest BCUT2D eigenvalue weighted by atomic mass is 10.0. The minimum Gasteiger partial charge on any atom is -0.370 e. The van der Waals surface area contributed by atoms with E-state index in [9.17, 15) is 4.79 Å². The van der Waals surface area contributed by atoms with Crippen molar-refractivity contribution >= 4 is 5.91 Å². The maximum absolute atomic E-state index is 10.6. The Morgan fingerprint density at radius 3 is 2.62 bits per heavy atom. The van der Waals surface area contributed by atoms with Gasteiger partial charge in [0.25, 0.3) is 0 Å². The quantitative estimate of drug-likeness (QED) is 0.790. The molecule has 0 atom stereocenters. The van der Waals surface area contributed by atoms with Gasteiger partial charge in [0.15, 0.2) is 0 Å². The third kappa shape index (κ3) is 4.94. The summed E-state index contributed by atoms with van der Waals surface area (Å²) in [6, 6.07) is 8.48. The van der Waals surface area contributed by atoms with E-state index >= 15 is 0 Å². The number of rotatable bonds is 6. The van der Waals surface area contributed by atoms with Crippen LogP contribution in [0.1, 0.15) is 24.0 Å². The molecule has 2 N–H and O–H groups in total. The number of nitrogens with zero attached hydrogens (tertiary/aromatic N) is 1. The van der Waals surface area contributed by atoms with E-state index in [0.717, 1.165) is 19.4 Å². The number of carbonyl (C=O) groups is 1. The van der Waals surface area contributed by atoms with E-state index in [1.807, 2.05) is 0 Å². The highest BCUT2D eigenvalue weighted by molar-refractivity contribution is 5.73. The molecule has 0 spiro atoms. The van der Waals surface area contributed by atoms with Crippen LogP contribution in [0.4, 0.5) is 0 Å². The first kappa shape index (κ1) is 12.7. The molecule has 0 saturated carbocycles. The average Bonchev–Trinajstić information content (AvgIpc) is 2.16. The van der Waals surface area contributed by atoms with E-state index < -0.39 is 0 Å². The Morgan fingerprint density at radius 2 is 2.00 bits per heavy atom. The van der Waals surface area contributed by atoms with Gasteiger partial charge in [-0.1, -0.05) is 24.3 Å². The third-order valence-corrected chi connectivity index (χ3v) is 2.38. The first-order valence-electron chi connectivity index (χ1n) is 5.59. The Labute approximate surface area is 97.2 Å². The number of hydrogen-bond donors (Lipinski definition) is 1. The molecule has 1 rings (SSSR count). The molecule has 0 radical (unpaired) electrons. The minimum absolute atomic E-state index is 0.218. The van der Waals surface area contributed by atoms with Crippen molar-refractivity contribution in [2.45, 2.75) is 25.8 Å². The molecular formula is C13H20N2O. The lowest BCUT2D eigenvalue weighted by Gasteiger charge is -2.10. The van der Waals surface area contributed by atoms with Gasteiger partial charge in [-0.05, 0) is 38.1 Å². The van der Waals surface area contributed by atoms with Crippen molar-refractivity contribution in [2.75, 3.05) is 14.1 Å². The zero-order valence-corrected chi connectivity index (χ0v) is 10.1. The second kappa shape index (κ2) is 6.28. The minimum atomic E-state index is -0.218. The van der Waals surface area contributed by atoms with Gasteiger partial charge in [-0.15, -0.1) is 0 Å². The molecule has 0 aliphatic rings. The molecule has 1 aromatic rings. The number of primary amides is 1. The van der Waals surface area contributed by atoms with Gasteiger partial charge in [0.1, 0.15) is 0 Å². The lowest BCUT2D eigenvalue weighted by molar-refractivity contribution is -0.118. The summed E-state index contributed by atoms with van der Waals surface area (Å²) in [4.78, 5) is 12.8. The standard InChI is InChI=1S/C13H20N2O/c1-15(2)10-12-7-3-5-11(9-12)6-4-8-13(14)16/h3,5,7,9H,4,6,8,10H2,1-2H3,(H2,14,16). The van der Waals surface area contributed by atoms with E-state index in [1.54, 1.807) is 0 Å². The fourth-order valence-electron chi connectivity index (χ4n) is 1.72. The topological polar surface area (TPSA) is 46.3 Å². The van der Waals surface area contributed by atoms with Crippen molar-refractivity contribution in [3.8, 4) is 0 Å². The molecular weight excluding hydrogens is 200 g/mol. The average molecular weight is 220 g/mol. The Hall–Kier alpha value is -1.35. The van der Waals surface area contributed by atoms with Crippen LogP contribution in [0, 0.1) is 0 Å². The number of hydrogen-bond acceptors (Lipinski definition) is 2. The van der Waals surface area contributed by atoms with Crippen molar-refractivity contribution < 1.29 is 4.79 Å². The molecule has 0 aliphatic carbocycles. The molecule has 1 aromatic carbocycles. The Kier molecular flexibility index (Phi) is 4.99. The summed E-state index contributed by atoms with van der Waals surface area (Å²) < 4.78 is 0. The summed E-state index contributed by atoms with van der Waals surface area (Å²) in [6.45, 7) is 0.948. The summed E-state index contributed by atoms with van der Waals surface area (Å²) in [7, 11) is 4.11. The Morgan fingerprint density at radius 1 is 1.31 bits per heavy atom. The maximum Gasteiger partial charge on any atom is 0.217 e. The van der Waals surface area contributed by atoms with Crippen LogP contribution in [-0.2, 0) is 17.8 Å². The van der Waals surface area contributed by atoms with Crippen LogP contribution in [0.15, 0.2) is 24.3 Å². The first-order valence-corrected chi connectivity index (χ1v) is 5.59. The number of amides is 1. The first-order chi connectivity index (χ1) is 7.58. The number of nitrogens with two attached hydrogens (primary N) is 1. The molecule has 0 unspecified atom stereocenters. The van der Waals surface area contributed by atoms with E-state index in [0.29, 0.717) is 6.42 Å². The van der Waals surface area contributed by atoms with Crippen molar-refractivity contribution in [3.63, 3.8) is 0 Å². The van der Waals surface area contributed by atoms with Crippen LogP contribution in [0.5, 0.6) is 0 Å². The van der Waals surface area contributed by atoms with Crippen LogP contribution in [0.3, 0.4) is 0 Å². The molecule has 0 aliphatic heterocycles. The molecule has 1 amide bonds. The fraction of sp³-hybridized carbons (Fsp3) is 0.462. The van der Waals surface area contributed by atoms with Gasteiger partial charge in [-0.3, -0.25) is 4.79 Å². The lowest BCUT2D eigenvalue weighted by Crippen LogP contribution is -2.11. The Balaban J connectivity index is 2.50. The predicted molar refractivity (Wildman–Crippen MR) is 66.0 cm³/mol. The molecule has 0 fully saturated rings. The monoisotopic (exact) mass is 220 g/mol. The van der Waals surface area contributed by atoms with E-state index in [-0.39, 0.29) is 5.91 Å². The maximum atomic E-state index is 10.6. The normalized spacial score (nSPS) is 10.7. The van der Waals surface area contributed by atoms with Gasteiger partial charge in [0, 0.05) is 13.0 Å². The highest BCUT2D eigenvalue weighted by Gasteiger charge is 1.99. The van der Waals surface area contributed by atoms with Crippen molar-refractivity contribution in [3.05, 3.63) is 35.4 Å². The fourth-order valence-corrected chi connectivity index (χ4v) is 1.72. The van der Waals surface area contributed by atoms with Crippen molar-refractivity contribution in [1.82, 2.24) is 4.90 Å². The van der Waals surface area contributed by atoms with E-state index in [4.69, 9.17) is 5.73 Å².